The van der Waals surface area contributed by atoms with Gasteiger partial charge in [0.15, 0.2) is 6.10 Å². The maximum Gasteiger partial charge on any atom is 0.573 e. The molecule has 1 aliphatic rings. The van der Waals surface area contributed by atoms with Gasteiger partial charge in [-0.3, -0.25) is 0 Å². The summed E-state index contributed by atoms with van der Waals surface area (Å²) in [7, 11) is 0. The van der Waals surface area contributed by atoms with Gasteiger partial charge in [0.2, 0.25) is 0 Å². The standard InChI is InChI=1S/C26H21F9N2O2/c27-24(28,29)18-10-8-17(9-11-18)22-14-36(13-16-4-3-5-19(12-16)39-26(33,34)35)20-6-1-2-7-21(20)37(22)15-23(38)25(30,31)32/h1-12,22-23,38H,13-15H2/t22-,23+/m0/s1. The summed E-state index contributed by atoms with van der Waals surface area (Å²) in [5.41, 5.74) is 0.395. The van der Waals surface area contributed by atoms with E-state index in [2.05, 4.69) is 4.74 Å². The summed E-state index contributed by atoms with van der Waals surface area (Å²) in [5.74, 6) is -0.459. The summed E-state index contributed by atoms with van der Waals surface area (Å²) in [6, 6.07) is 14.5. The molecule has 0 saturated carbocycles. The number of halogens is 9. The molecule has 39 heavy (non-hydrogen) atoms. The van der Waals surface area contributed by atoms with E-state index in [4.69, 9.17) is 0 Å². The third-order valence-corrected chi connectivity index (χ3v) is 6.18. The molecule has 0 bridgehead atoms. The topological polar surface area (TPSA) is 35.9 Å². The van der Waals surface area contributed by atoms with Gasteiger partial charge in [-0.2, -0.15) is 26.3 Å². The van der Waals surface area contributed by atoms with Crippen LogP contribution in [0, 0.1) is 0 Å². The van der Waals surface area contributed by atoms with E-state index in [-0.39, 0.29) is 24.3 Å². The number of β-amino-alcohol motifs (C(OH)–C–C–N with tert-alkyl or cyclic N) is 1. The number of anilines is 2. The number of hydrogen-bond donors (Lipinski definition) is 1. The minimum Gasteiger partial charge on any atom is -0.406 e. The highest BCUT2D eigenvalue weighted by Gasteiger charge is 2.42. The average molecular weight is 564 g/mol. The molecule has 0 saturated heterocycles. The molecule has 2 atom stereocenters. The molecule has 0 radical (unpaired) electrons. The molecular weight excluding hydrogens is 543 g/mol. The quantitative estimate of drug-likeness (QED) is 0.324. The second kappa shape index (κ2) is 10.5. The first kappa shape index (κ1) is 28.4. The number of aliphatic hydroxyl groups excluding tert-OH is 1. The summed E-state index contributed by atoms with van der Waals surface area (Å²) in [4.78, 5) is 2.97. The number of hydrogen-bond acceptors (Lipinski definition) is 4. The average Bonchev–Trinajstić information content (AvgIpc) is 2.83. The fraction of sp³-hybridized carbons (Fsp3) is 0.308. The van der Waals surface area contributed by atoms with Crippen LogP contribution in [0.25, 0.3) is 0 Å². The lowest BCUT2D eigenvalue weighted by atomic mass is 9.97. The summed E-state index contributed by atoms with van der Waals surface area (Å²) in [5, 5.41) is 9.87. The maximum absolute atomic E-state index is 13.3. The Balaban J connectivity index is 1.73. The molecule has 1 heterocycles. The molecule has 1 aliphatic heterocycles. The molecule has 0 aromatic heterocycles. The van der Waals surface area contributed by atoms with Crippen LogP contribution in [-0.2, 0) is 12.7 Å². The second-order valence-electron chi connectivity index (χ2n) is 8.91. The number of rotatable bonds is 6. The molecule has 0 unspecified atom stereocenters. The largest absolute Gasteiger partial charge is 0.573 e. The number of nitrogens with zero attached hydrogens (tertiary/aromatic N) is 2. The van der Waals surface area contributed by atoms with Crippen LogP contribution >= 0.6 is 0 Å². The van der Waals surface area contributed by atoms with E-state index >= 15 is 0 Å². The van der Waals surface area contributed by atoms with E-state index < -0.39 is 48.7 Å². The van der Waals surface area contributed by atoms with Gasteiger partial charge >= 0.3 is 18.7 Å². The smallest absolute Gasteiger partial charge is 0.406 e. The van der Waals surface area contributed by atoms with Crippen LogP contribution in [0.2, 0.25) is 0 Å². The zero-order valence-corrected chi connectivity index (χ0v) is 19.9. The van der Waals surface area contributed by atoms with Crippen molar-refractivity contribution < 1.29 is 49.4 Å². The first-order valence-electron chi connectivity index (χ1n) is 11.5. The van der Waals surface area contributed by atoms with Crippen molar-refractivity contribution in [3.05, 3.63) is 89.5 Å². The van der Waals surface area contributed by atoms with Crippen LogP contribution in [0.15, 0.2) is 72.8 Å². The Morgan fingerprint density at radius 2 is 1.46 bits per heavy atom. The molecule has 4 nitrogen and oxygen atoms in total. The number of fused-ring (bicyclic) bond motifs is 1. The lowest BCUT2D eigenvalue weighted by Crippen LogP contribution is -2.49. The molecule has 0 fully saturated rings. The van der Waals surface area contributed by atoms with Gasteiger partial charge in [0.25, 0.3) is 0 Å². The van der Waals surface area contributed by atoms with Crippen molar-refractivity contribution >= 4 is 11.4 Å². The zero-order chi connectivity index (χ0) is 28.6. The first-order valence-corrected chi connectivity index (χ1v) is 11.5. The Morgan fingerprint density at radius 1 is 0.821 bits per heavy atom. The van der Waals surface area contributed by atoms with Gasteiger partial charge in [0.1, 0.15) is 5.75 Å². The fourth-order valence-electron chi connectivity index (χ4n) is 4.45. The zero-order valence-electron chi connectivity index (χ0n) is 19.9. The van der Waals surface area contributed by atoms with Crippen molar-refractivity contribution in [1.29, 1.82) is 0 Å². The van der Waals surface area contributed by atoms with Crippen LogP contribution in [0.4, 0.5) is 50.9 Å². The molecule has 0 aliphatic carbocycles. The third-order valence-electron chi connectivity index (χ3n) is 6.18. The highest BCUT2D eigenvalue weighted by Crippen LogP contribution is 2.43. The molecule has 0 amide bonds. The molecule has 13 heteroatoms. The van der Waals surface area contributed by atoms with E-state index in [9.17, 15) is 44.6 Å². The Hall–Kier alpha value is -3.61. The van der Waals surface area contributed by atoms with Crippen molar-refractivity contribution in [2.75, 3.05) is 22.9 Å². The Morgan fingerprint density at radius 3 is 2.05 bits per heavy atom. The fourth-order valence-corrected chi connectivity index (χ4v) is 4.45. The lowest BCUT2D eigenvalue weighted by Gasteiger charge is -2.45. The molecule has 1 N–H and O–H groups in total. The summed E-state index contributed by atoms with van der Waals surface area (Å²) >= 11 is 0. The predicted molar refractivity (Wildman–Crippen MR) is 124 cm³/mol. The van der Waals surface area contributed by atoms with Gasteiger partial charge in [0.05, 0.1) is 29.5 Å². The van der Waals surface area contributed by atoms with Crippen LogP contribution in [0.3, 0.4) is 0 Å². The SMILES string of the molecule is O[C@H](CN1c2ccccc2N(Cc2cccc(OC(F)(F)F)c2)C[C@H]1c1ccc(C(F)(F)F)cc1)C(F)(F)F. The summed E-state index contributed by atoms with van der Waals surface area (Å²) in [6.45, 7) is -0.925. The first-order chi connectivity index (χ1) is 18.1. The monoisotopic (exact) mass is 564 g/mol. The van der Waals surface area contributed by atoms with Crippen LogP contribution in [-0.4, -0.2) is 36.8 Å². The van der Waals surface area contributed by atoms with Crippen LogP contribution < -0.4 is 14.5 Å². The lowest BCUT2D eigenvalue weighted by molar-refractivity contribution is -0.274. The van der Waals surface area contributed by atoms with Crippen molar-refractivity contribution in [2.24, 2.45) is 0 Å². The van der Waals surface area contributed by atoms with Crippen molar-refractivity contribution in [1.82, 2.24) is 0 Å². The van der Waals surface area contributed by atoms with E-state index in [1.165, 1.54) is 23.1 Å². The van der Waals surface area contributed by atoms with E-state index in [0.717, 1.165) is 30.3 Å². The third kappa shape index (κ3) is 6.88. The van der Waals surface area contributed by atoms with Crippen LogP contribution in [0.5, 0.6) is 5.75 Å². The van der Waals surface area contributed by atoms with Gasteiger partial charge in [-0.25, -0.2) is 0 Å². The number of para-hydroxylation sites is 2. The molecule has 3 aromatic carbocycles. The number of ether oxygens (including phenoxy) is 1. The van der Waals surface area contributed by atoms with E-state index in [1.807, 2.05) is 0 Å². The van der Waals surface area contributed by atoms with Gasteiger partial charge in [-0.15, -0.1) is 13.2 Å². The minimum absolute atomic E-state index is 0.0128. The predicted octanol–water partition coefficient (Wildman–Crippen LogP) is 7.10. The summed E-state index contributed by atoms with van der Waals surface area (Å²) in [6.07, 6.45) is -17.2. The van der Waals surface area contributed by atoms with Gasteiger partial charge in [-0.1, -0.05) is 36.4 Å². The number of benzene rings is 3. The highest BCUT2D eigenvalue weighted by molar-refractivity contribution is 5.75. The molecule has 0 spiro atoms. The van der Waals surface area contributed by atoms with Gasteiger partial charge in [-0.05, 0) is 47.5 Å². The molecule has 210 valence electrons. The molecule has 3 aromatic rings. The maximum atomic E-state index is 13.3. The summed E-state index contributed by atoms with van der Waals surface area (Å²) < 4.78 is 121. The minimum atomic E-state index is -4.95. The van der Waals surface area contributed by atoms with Gasteiger partial charge < -0.3 is 19.6 Å². The van der Waals surface area contributed by atoms with Crippen molar-refractivity contribution in [3.8, 4) is 5.75 Å². The second-order valence-corrected chi connectivity index (χ2v) is 8.91. The van der Waals surface area contributed by atoms with Crippen molar-refractivity contribution in [2.45, 2.75) is 37.4 Å². The normalized spacial score (nSPS) is 17.1. The van der Waals surface area contributed by atoms with Crippen LogP contribution in [0.1, 0.15) is 22.7 Å². The van der Waals surface area contributed by atoms with E-state index in [1.54, 1.807) is 29.2 Å². The molecular formula is C26H21F9N2O2. The van der Waals surface area contributed by atoms with Crippen molar-refractivity contribution in [3.63, 3.8) is 0 Å². The Bertz CT molecular complexity index is 1270. The molecule has 4 rings (SSSR count). The van der Waals surface area contributed by atoms with Gasteiger partial charge in [0, 0.05) is 13.1 Å². The highest BCUT2D eigenvalue weighted by atomic mass is 19.4. The number of aliphatic hydroxyl groups is 1. The van der Waals surface area contributed by atoms with E-state index in [0.29, 0.717) is 11.3 Å². The number of alkyl halides is 9. The Kier molecular flexibility index (Phi) is 7.66. The Labute approximate surface area is 216 Å².